The average molecular weight is 298 g/mol. The lowest BCUT2D eigenvalue weighted by atomic mass is 10.1. The van der Waals surface area contributed by atoms with Gasteiger partial charge in [0.2, 0.25) is 5.89 Å². The largest absolute Gasteiger partial charge is 0.444 e. The zero-order valence-corrected chi connectivity index (χ0v) is 12.2. The fourth-order valence-electron chi connectivity index (χ4n) is 2.27. The van der Waals surface area contributed by atoms with Gasteiger partial charge in [-0.3, -0.25) is 15.1 Å². The van der Waals surface area contributed by atoms with E-state index in [2.05, 4.69) is 15.3 Å². The van der Waals surface area contributed by atoms with Crippen molar-refractivity contribution in [2.75, 3.05) is 5.32 Å². The van der Waals surface area contributed by atoms with Crippen LogP contribution in [0.4, 0.5) is 11.4 Å². The number of aryl methyl sites for hydroxylation is 2. The molecule has 0 aliphatic carbocycles. The van der Waals surface area contributed by atoms with Crippen LogP contribution in [0.3, 0.4) is 0 Å². The fraction of sp³-hybridized carbons (Fsp3) is 0.200. The Bertz CT molecular complexity index is 838. The van der Waals surface area contributed by atoms with Crippen molar-refractivity contribution in [3.63, 3.8) is 0 Å². The van der Waals surface area contributed by atoms with Gasteiger partial charge in [0.1, 0.15) is 5.76 Å². The lowest BCUT2D eigenvalue weighted by Gasteiger charge is -2.08. The van der Waals surface area contributed by atoms with Gasteiger partial charge in [0, 0.05) is 29.5 Å². The highest BCUT2D eigenvalue weighted by Gasteiger charge is 2.14. The summed E-state index contributed by atoms with van der Waals surface area (Å²) in [6.07, 6.45) is 3.11. The first kappa shape index (κ1) is 14.0. The van der Waals surface area contributed by atoms with E-state index in [-0.39, 0.29) is 5.69 Å². The highest BCUT2D eigenvalue weighted by Crippen LogP contribution is 2.30. The molecule has 1 N–H and O–H groups in total. The molecule has 0 amide bonds. The summed E-state index contributed by atoms with van der Waals surface area (Å²) in [7, 11) is 0. The summed E-state index contributed by atoms with van der Waals surface area (Å²) in [5.74, 6) is 1.37. The highest BCUT2D eigenvalue weighted by atomic mass is 16.6. The highest BCUT2D eigenvalue weighted by molar-refractivity contribution is 5.99. The first-order chi connectivity index (χ1) is 10.6. The van der Waals surface area contributed by atoms with Gasteiger partial charge in [0.05, 0.1) is 22.5 Å². The second-order valence-electron chi connectivity index (χ2n) is 4.91. The number of nitro benzene ring substituents is 1. The van der Waals surface area contributed by atoms with E-state index in [1.165, 1.54) is 12.3 Å². The van der Waals surface area contributed by atoms with Crippen molar-refractivity contribution in [2.24, 2.45) is 0 Å². The Balaban J connectivity index is 1.94. The summed E-state index contributed by atoms with van der Waals surface area (Å²) in [5.41, 5.74) is 1.67. The molecule has 0 fully saturated rings. The SMILES string of the molecule is Cc1nc(CNc2ccc([N+](=O)[O-])c3cnccc23)oc1C. The van der Waals surface area contributed by atoms with E-state index in [0.717, 1.165) is 22.5 Å². The van der Waals surface area contributed by atoms with E-state index in [4.69, 9.17) is 4.42 Å². The molecule has 22 heavy (non-hydrogen) atoms. The normalized spacial score (nSPS) is 10.8. The van der Waals surface area contributed by atoms with Gasteiger partial charge in [-0.1, -0.05) is 0 Å². The molecular weight excluding hydrogens is 284 g/mol. The first-order valence-corrected chi connectivity index (χ1v) is 6.74. The molecular formula is C15H14N4O3. The van der Waals surface area contributed by atoms with Crippen LogP contribution in [0, 0.1) is 24.0 Å². The summed E-state index contributed by atoms with van der Waals surface area (Å²) in [5, 5.41) is 15.5. The molecule has 3 rings (SSSR count). The predicted octanol–water partition coefficient (Wildman–Crippen LogP) is 3.36. The van der Waals surface area contributed by atoms with E-state index in [1.54, 1.807) is 18.3 Å². The van der Waals surface area contributed by atoms with Crippen LogP contribution in [0.15, 0.2) is 35.0 Å². The zero-order valence-electron chi connectivity index (χ0n) is 12.2. The smallest absolute Gasteiger partial charge is 0.278 e. The van der Waals surface area contributed by atoms with Crippen molar-refractivity contribution < 1.29 is 9.34 Å². The molecule has 0 aliphatic heterocycles. The summed E-state index contributed by atoms with van der Waals surface area (Å²) < 4.78 is 5.52. The molecule has 0 saturated carbocycles. The monoisotopic (exact) mass is 298 g/mol. The Kier molecular flexibility index (Phi) is 3.46. The van der Waals surface area contributed by atoms with E-state index < -0.39 is 4.92 Å². The van der Waals surface area contributed by atoms with Gasteiger partial charge in [-0.05, 0) is 26.0 Å². The van der Waals surface area contributed by atoms with E-state index in [1.807, 2.05) is 13.8 Å². The molecule has 7 heteroatoms. The number of nitro groups is 1. The summed E-state index contributed by atoms with van der Waals surface area (Å²) in [6, 6.07) is 4.90. The molecule has 2 heterocycles. The van der Waals surface area contributed by atoms with Crippen LogP contribution in [-0.4, -0.2) is 14.9 Å². The minimum Gasteiger partial charge on any atom is -0.444 e. The number of nitrogens with one attached hydrogen (secondary N) is 1. The van der Waals surface area contributed by atoms with Gasteiger partial charge >= 0.3 is 0 Å². The maximum Gasteiger partial charge on any atom is 0.278 e. The van der Waals surface area contributed by atoms with Crippen LogP contribution in [0.2, 0.25) is 0 Å². The summed E-state index contributed by atoms with van der Waals surface area (Å²) in [6.45, 7) is 4.15. The molecule has 112 valence electrons. The number of aromatic nitrogens is 2. The Hall–Kier alpha value is -2.96. The minimum atomic E-state index is -0.408. The van der Waals surface area contributed by atoms with Gasteiger partial charge in [-0.15, -0.1) is 0 Å². The standard InChI is InChI=1S/C15H14N4O3/c1-9-10(2)22-15(18-9)8-17-13-3-4-14(19(20)21)12-7-16-6-5-11(12)13/h3-7,17H,8H2,1-2H3. The molecule has 1 aromatic carbocycles. The van der Waals surface area contributed by atoms with Crippen molar-refractivity contribution in [1.29, 1.82) is 0 Å². The van der Waals surface area contributed by atoms with Gasteiger partial charge in [0.15, 0.2) is 0 Å². The van der Waals surface area contributed by atoms with Crippen LogP contribution < -0.4 is 5.32 Å². The Labute approximate surface area is 126 Å². The second-order valence-corrected chi connectivity index (χ2v) is 4.91. The molecule has 0 atom stereocenters. The van der Waals surface area contributed by atoms with Gasteiger partial charge in [0.25, 0.3) is 5.69 Å². The van der Waals surface area contributed by atoms with E-state index in [9.17, 15) is 10.1 Å². The van der Waals surface area contributed by atoms with Crippen LogP contribution in [0.1, 0.15) is 17.3 Å². The number of anilines is 1. The number of benzene rings is 1. The molecule has 0 saturated heterocycles. The van der Waals surface area contributed by atoms with Crippen molar-refractivity contribution in [3.8, 4) is 0 Å². The van der Waals surface area contributed by atoms with Crippen molar-refractivity contribution in [1.82, 2.24) is 9.97 Å². The van der Waals surface area contributed by atoms with Crippen LogP contribution in [0.5, 0.6) is 0 Å². The molecule has 2 aromatic heterocycles. The number of hydrogen-bond donors (Lipinski definition) is 1. The topological polar surface area (TPSA) is 94.1 Å². The van der Waals surface area contributed by atoms with Crippen molar-refractivity contribution >= 4 is 22.1 Å². The maximum absolute atomic E-state index is 11.1. The van der Waals surface area contributed by atoms with E-state index >= 15 is 0 Å². The number of rotatable bonds is 4. The zero-order chi connectivity index (χ0) is 15.7. The van der Waals surface area contributed by atoms with Crippen molar-refractivity contribution in [2.45, 2.75) is 20.4 Å². The Morgan fingerprint density at radius 1 is 1.27 bits per heavy atom. The molecule has 3 aromatic rings. The number of nitrogens with zero attached hydrogens (tertiary/aromatic N) is 3. The quantitative estimate of drug-likeness (QED) is 0.586. The number of fused-ring (bicyclic) bond motifs is 1. The second kappa shape index (κ2) is 5.44. The molecule has 0 aliphatic rings. The van der Waals surface area contributed by atoms with Crippen molar-refractivity contribution in [3.05, 3.63) is 58.1 Å². The summed E-state index contributed by atoms with van der Waals surface area (Å²) >= 11 is 0. The third kappa shape index (κ3) is 2.48. The Morgan fingerprint density at radius 3 is 2.77 bits per heavy atom. The van der Waals surface area contributed by atoms with Crippen LogP contribution >= 0.6 is 0 Å². The number of hydrogen-bond acceptors (Lipinski definition) is 6. The minimum absolute atomic E-state index is 0.0384. The number of non-ortho nitro benzene ring substituents is 1. The molecule has 0 bridgehead atoms. The molecule has 7 nitrogen and oxygen atoms in total. The third-order valence-electron chi connectivity index (χ3n) is 3.49. The van der Waals surface area contributed by atoms with Crippen LogP contribution in [-0.2, 0) is 6.54 Å². The molecule has 0 unspecified atom stereocenters. The summed E-state index contributed by atoms with van der Waals surface area (Å²) in [4.78, 5) is 18.9. The van der Waals surface area contributed by atoms with Gasteiger partial charge < -0.3 is 9.73 Å². The average Bonchev–Trinajstić information content (AvgIpc) is 2.83. The lowest BCUT2D eigenvalue weighted by molar-refractivity contribution is -0.383. The lowest BCUT2D eigenvalue weighted by Crippen LogP contribution is -2.01. The Morgan fingerprint density at radius 2 is 2.09 bits per heavy atom. The van der Waals surface area contributed by atoms with E-state index in [0.29, 0.717) is 17.8 Å². The van der Waals surface area contributed by atoms with Gasteiger partial charge in [-0.25, -0.2) is 4.98 Å². The maximum atomic E-state index is 11.1. The van der Waals surface area contributed by atoms with Gasteiger partial charge in [-0.2, -0.15) is 0 Å². The van der Waals surface area contributed by atoms with Crippen LogP contribution in [0.25, 0.3) is 10.8 Å². The number of pyridine rings is 1. The first-order valence-electron chi connectivity index (χ1n) is 6.74. The molecule has 0 spiro atoms. The number of oxazole rings is 1. The third-order valence-corrected chi connectivity index (χ3v) is 3.49. The molecule has 0 radical (unpaired) electrons. The predicted molar refractivity (Wildman–Crippen MR) is 81.7 cm³/mol. The fourth-order valence-corrected chi connectivity index (χ4v) is 2.27.